The second-order valence-electron chi connectivity index (χ2n) is 4.31. The fraction of sp³-hybridized carbons (Fsp3) is 0.133. The highest BCUT2D eigenvalue weighted by Crippen LogP contribution is 2.40. The van der Waals surface area contributed by atoms with E-state index in [4.69, 9.17) is 4.74 Å². The van der Waals surface area contributed by atoms with Gasteiger partial charge in [0.25, 0.3) is 0 Å². The minimum Gasteiger partial charge on any atom is -0.455 e. The van der Waals surface area contributed by atoms with Crippen molar-refractivity contribution in [2.24, 2.45) is 0 Å². The molecule has 1 aliphatic heterocycles. The highest BCUT2D eigenvalue weighted by Gasteiger charge is 2.26. The van der Waals surface area contributed by atoms with Crippen LogP contribution >= 0.6 is 15.9 Å². The van der Waals surface area contributed by atoms with Crippen molar-refractivity contribution in [3.05, 3.63) is 54.1 Å². The Morgan fingerprint density at radius 1 is 1.11 bits per heavy atom. The maximum absolute atomic E-state index is 12.1. The molecule has 4 heteroatoms. The number of ketones is 1. The molecule has 1 unspecified atom stereocenters. The van der Waals surface area contributed by atoms with E-state index in [0.29, 0.717) is 5.33 Å². The number of benzene rings is 2. The van der Waals surface area contributed by atoms with Gasteiger partial charge in [0.2, 0.25) is 0 Å². The summed E-state index contributed by atoms with van der Waals surface area (Å²) in [5, 5.41) is 3.57. The van der Waals surface area contributed by atoms with Crippen LogP contribution in [0.1, 0.15) is 11.6 Å². The molecule has 96 valence electrons. The van der Waals surface area contributed by atoms with E-state index < -0.39 is 0 Å². The number of anilines is 1. The average molecular weight is 318 g/mol. The molecule has 3 nitrogen and oxygen atoms in total. The third kappa shape index (κ3) is 2.24. The van der Waals surface area contributed by atoms with Gasteiger partial charge in [0.1, 0.15) is 11.8 Å². The Balaban J connectivity index is 2.14. The molecule has 2 aromatic rings. The van der Waals surface area contributed by atoms with Crippen molar-refractivity contribution < 1.29 is 9.53 Å². The Morgan fingerprint density at radius 2 is 1.79 bits per heavy atom. The van der Waals surface area contributed by atoms with Crippen molar-refractivity contribution in [2.75, 3.05) is 10.6 Å². The average Bonchev–Trinajstić information content (AvgIpc) is 2.62. The molecular formula is C15H12BrNO2. The minimum atomic E-state index is -0.390. The summed E-state index contributed by atoms with van der Waals surface area (Å²) in [6, 6.07) is 14.9. The molecule has 1 N–H and O–H groups in total. The van der Waals surface area contributed by atoms with E-state index in [1.807, 2.05) is 48.5 Å². The van der Waals surface area contributed by atoms with Gasteiger partial charge in [0, 0.05) is 5.56 Å². The van der Waals surface area contributed by atoms with Crippen LogP contribution in [0.4, 0.5) is 5.69 Å². The number of carbonyl (C=O) groups excluding carboxylic acids is 1. The first-order valence-corrected chi connectivity index (χ1v) is 7.13. The summed E-state index contributed by atoms with van der Waals surface area (Å²) < 4.78 is 5.90. The topological polar surface area (TPSA) is 38.3 Å². The van der Waals surface area contributed by atoms with E-state index in [1.54, 1.807) is 0 Å². The highest BCUT2D eigenvalue weighted by atomic mass is 79.9. The molecule has 0 aliphatic carbocycles. The zero-order valence-electron chi connectivity index (χ0n) is 10.1. The van der Waals surface area contributed by atoms with E-state index in [1.165, 1.54) is 0 Å². The number of ether oxygens (including phenoxy) is 1. The minimum absolute atomic E-state index is 0.0766. The molecule has 3 rings (SSSR count). The molecule has 0 saturated heterocycles. The van der Waals surface area contributed by atoms with Crippen LogP contribution in [0.2, 0.25) is 0 Å². The molecule has 0 fully saturated rings. The lowest BCUT2D eigenvalue weighted by Crippen LogP contribution is -2.21. The van der Waals surface area contributed by atoms with Crippen molar-refractivity contribution in [1.82, 2.24) is 0 Å². The molecule has 0 spiro atoms. The number of fused-ring (bicyclic) bond motifs is 2. The van der Waals surface area contributed by atoms with E-state index in [0.717, 1.165) is 22.7 Å². The smallest absolute Gasteiger partial charge is 0.170 e. The lowest BCUT2D eigenvalue weighted by molar-refractivity contribution is -0.117. The van der Waals surface area contributed by atoms with Gasteiger partial charge < -0.3 is 10.1 Å². The zero-order valence-corrected chi connectivity index (χ0v) is 11.7. The van der Waals surface area contributed by atoms with Gasteiger partial charge in [-0.1, -0.05) is 46.3 Å². The maximum atomic E-state index is 12.1. The molecule has 0 amide bonds. The second-order valence-corrected chi connectivity index (χ2v) is 4.87. The van der Waals surface area contributed by atoms with Gasteiger partial charge in [0.05, 0.1) is 11.0 Å². The van der Waals surface area contributed by atoms with Crippen LogP contribution < -0.4 is 10.1 Å². The second kappa shape index (κ2) is 5.05. The summed E-state index contributed by atoms with van der Waals surface area (Å²) in [5.41, 5.74) is 1.70. The van der Waals surface area contributed by atoms with Gasteiger partial charge in [-0.3, -0.25) is 4.79 Å². The lowest BCUT2D eigenvalue weighted by atomic mass is 10.0. The SMILES string of the molecule is O=C(CBr)C1Nc2ccccc2Oc2ccccc21. The van der Waals surface area contributed by atoms with Crippen LogP contribution in [-0.2, 0) is 4.79 Å². The molecule has 0 aromatic heterocycles. The van der Waals surface area contributed by atoms with Crippen molar-refractivity contribution in [2.45, 2.75) is 6.04 Å². The molecular weight excluding hydrogens is 306 g/mol. The standard InChI is InChI=1S/C15H12BrNO2/c16-9-12(18)15-10-5-1-3-7-13(10)19-14-8-4-2-6-11(14)17-15/h1-8,15,17H,9H2. The van der Waals surface area contributed by atoms with E-state index in [2.05, 4.69) is 21.2 Å². The molecule has 0 saturated carbocycles. The quantitative estimate of drug-likeness (QED) is 0.853. The number of halogens is 1. The lowest BCUT2D eigenvalue weighted by Gasteiger charge is -2.16. The molecule has 1 aliphatic rings. The Labute approximate surface area is 119 Å². The van der Waals surface area contributed by atoms with Gasteiger partial charge in [-0.15, -0.1) is 0 Å². The molecule has 0 bridgehead atoms. The number of alkyl halides is 1. The van der Waals surface area contributed by atoms with Gasteiger partial charge in [0.15, 0.2) is 11.5 Å². The summed E-state index contributed by atoms with van der Waals surface area (Å²) in [6.45, 7) is 0. The van der Waals surface area contributed by atoms with Gasteiger partial charge in [-0.2, -0.15) is 0 Å². The van der Waals surface area contributed by atoms with Crippen molar-refractivity contribution in [3.63, 3.8) is 0 Å². The number of para-hydroxylation sites is 3. The monoisotopic (exact) mass is 317 g/mol. The summed E-state index contributed by atoms with van der Waals surface area (Å²) >= 11 is 3.24. The summed E-state index contributed by atoms with van der Waals surface area (Å²) in [5.74, 6) is 1.53. The number of nitrogens with one attached hydrogen (secondary N) is 1. The summed E-state index contributed by atoms with van der Waals surface area (Å²) in [4.78, 5) is 12.1. The first kappa shape index (κ1) is 12.2. The third-order valence-corrected chi connectivity index (χ3v) is 3.64. The van der Waals surface area contributed by atoms with Gasteiger partial charge in [-0.25, -0.2) is 0 Å². The molecule has 1 heterocycles. The Kier molecular flexibility index (Phi) is 3.25. The fourth-order valence-electron chi connectivity index (χ4n) is 2.17. The summed E-state index contributed by atoms with van der Waals surface area (Å²) in [7, 11) is 0. The van der Waals surface area contributed by atoms with Gasteiger partial charge in [-0.05, 0) is 18.2 Å². The Morgan fingerprint density at radius 3 is 2.58 bits per heavy atom. The predicted molar refractivity (Wildman–Crippen MR) is 78.1 cm³/mol. The number of rotatable bonds is 2. The van der Waals surface area contributed by atoms with Crippen LogP contribution in [0.5, 0.6) is 11.5 Å². The first-order chi connectivity index (χ1) is 9.29. The van der Waals surface area contributed by atoms with Crippen LogP contribution in [0.25, 0.3) is 0 Å². The van der Waals surface area contributed by atoms with Crippen LogP contribution in [-0.4, -0.2) is 11.1 Å². The normalized spacial score (nSPS) is 16.4. The molecule has 1 atom stereocenters. The van der Waals surface area contributed by atoms with E-state index in [9.17, 15) is 4.79 Å². The number of Topliss-reactive ketones (excluding diaryl/α,β-unsaturated/α-hetero) is 1. The van der Waals surface area contributed by atoms with Crippen molar-refractivity contribution in [1.29, 1.82) is 0 Å². The predicted octanol–water partition coefficient (Wildman–Crippen LogP) is 3.91. The zero-order chi connectivity index (χ0) is 13.2. The highest BCUT2D eigenvalue weighted by molar-refractivity contribution is 9.09. The Bertz CT molecular complexity index is 627. The number of hydrogen-bond acceptors (Lipinski definition) is 3. The first-order valence-electron chi connectivity index (χ1n) is 6.00. The molecule has 19 heavy (non-hydrogen) atoms. The third-order valence-electron chi connectivity index (χ3n) is 3.09. The molecule has 0 radical (unpaired) electrons. The van der Waals surface area contributed by atoms with Gasteiger partial charge >= 0.3 is 0 Å². The summed E-state index contributed by atoms with van der Waals surface area (Å²) in [6.07, 6.45) is 0. The maximum Gasteiger partial charge on any atom is 0.170 e. The van der Waals surface area contributed by atoms with Crippen LogP contribution in [0, 0.1) is 0 Å². The number of hydrogen-bond donors (Lipinski definition) is 1. The largest absolute Gasteiger partial charge is 0.455 e. The fourth-order valence-corrected chi connectivity index (χ4v) is 2.49. The van der Waals surface area contributed by atoms with Crippen LogP contribution in [0.15, 0.2) is 48.5 Å². The van der Waals surface area contributed by atoms with Crippen molar-refractivity contribution >= 4 is 27.4 Å². The van der Waals surface area contributed by atoms with E-state index >= 15 is 0 Å². The van der Waals surface area contributed by atoms with Crippen molar-refractivity contribution in [3.8, 4) is 11.5 Å². The number of carbonyl (C=O) groups is 1. The van der Waals surface area contributed by atoms with E-state index in [-0.39, 0.29) is 11.8 Å². The van der Waals surface area contributed by atoms with Crippen LogP contribution in [0.3, 0.4) is 0 Å². The Hall–Kier alpha value is -1.81. The molecule has 2 aromatic carbocycles.